The van der Waals surface area contributed by atoms with Crippen LogP contribution in [0.1, 0.15) is 104 Å². The standard InChI is InChI=1S/C30H31F3N4O4.C29H30N4O5S.C2H6/c1-6-20(11-12-38-4)29-35-25-15-34-24-13-23(27-17(2)36-41-18(27)3)26(39-5)14-22(24)28(25)37(29)16-19-7-9-21(10-8-19)40-30(31,32)33;1-17-27(18(2)38-32-17)23-13-24-22(14-26(23)36-3)28-25(15-30-24)31-29(20-9-11-37-12-10-20)33(28)16-19-5-7-21(8-6-19)39(4,34)35;1-2/h7-10,13-15,20H,6,11-12,16H2,1-5H3;5-8,13-15,20H,9-12,16H2,1-4H3;1-2H3. The lowest BCUT2D eigenvalue weighted by atomic mass is 9.99. The number of ether oxygens (including phenoxy) is 5. The number of aryl methyl sites for hydroxylation is 4. The zero-order valence-corrected chi connectivity index (χ0v) is 48.7. The van der Waals surface area contributed by atoms with Gasteiger partial charge in [-0.1, -0.05) is 55.4 Å². The van der Waals surface area contributed by atoms with E-state index in [0.717, 1.165) is 126 Å². The number of imidazole rings is 2. The third-order valence-electron chi connectivity index (χ3n) is 14.8. The van der Waals surface area contributed by atoms with Crippen molar-refractivity contribution in [1.82, 2.24) is 39.4 Å². The van der Waals surface area contributed by atoms with Crippen LogP contribution in [0.3, 0.4) is 0 Å². The molecule has 1 aliphatic heterocycles. The first-order chi connectivity index (χ1) is 39.4. The minimum atomic E-state index is -4.75. The molecule has 1 aliphatic rings. The van der Waals surface area contributed by atoms with Crippen molar-refractivity contribution < 1.29 is 54.3 Å². The van der Waals surface area contributed by atoms with Crippen LogP contribution in [0.2, 0.25) is 0 Å². The van der Waals surface area contributed by atoms with Crippen LogP contribution in [0, 0.1) is 27.7 Å². The Morgan fingerprint density at radius 3 is 1.66 bits per heavy atom. The molecule has 0 amide bonds. The summed E-state index contributed by atoms with van der Waals surface area (Å²) in [5.74, 6) is 4.65. The fourth-order valence-electron chi connectivity index (χ4n) is 10.9. The largest absolute Gasteiger partial charge is 0.573 e. The van der Waals surface area contributed by atoms with E-state index in [1.807, 2.05) is 84.1 Å². The second-order valence-electron chi connectivity index (χ2n) is 20.0. The molecule has 7 heterocycles. The first-order valence-electron chi connectivity index (χ1n) is 27.2. The summed E-state index contributed by atoms with van der Waals surface area (Å²) in [7, 11) is 1.66. The van der Waals surface area contributed by atoms with Crippen molar-refractivity contribution >= 4 is 53.7 Å². The highest BCUT2D eigenvalue weighted by Gasteiger charge is 2.32. The van der Waals surface area contributed by atoms with Crippen LogP contribution >= 0.6 is 0 Å². The van der Waals surface area contributed by atoms with Crippen LogP contribution < -0.4 is 14.2 Å². The molecule has 10 aromatic rings. The number of aromatic nitrogens is 8. The summed E-state index contributed by atoms with van der Waals surface area (Å²) < 4.78 is 104. The maximum absolute atomic E-state index is 12.7. The predicted octanol–water partition coefficient (Wildman–Crippen LogP) is 13.6. The predicted molar refractivity (Wildman–Crippen MR) is 308 cm³/mol. The van der Waals surface area contributed by atoms with Crippen molar-refractivity contribution in [3.63, 3.8) is 0 Å². The first kappa shape index (κ1) is 58.8. The second-order valence-corrected chi connectivity index (χ2v) is 22.0. The summed E-state index contributed by atoms with van der Waals surface area (Å²) in [6.45, 7) is 16.5. The van der Waals surface area contributed by atoms with Crippen molar-refractivity contribution in [3.8, 4) is 39.5 Å². The summed E-state index contributed by atoms with van der Waals surface area (Å²) in [5.41, 5.74) is 11.7. The van der Waals surface area contributed by atoms with Gasteiger partial charge in [0.2, 0.25) is 0 Å². The van der Waals surface area contributed by atoms with Gasteiger partial charge in [-0.25, -0.2) is 18.4 Å². The van der Waals surface area contributed by atoms with Gasteiger partial charge in [0.1, 0.15) is 51.5 Å². The molecule has 0 radical (unpaired) electrons. The lowest BCUT2D eigenvalue weighted by molar-refractivity contribution is -0.274. The zero-order chi connectivity index (χ0) is 58.6. The molecule has 21 heteroatoms. The number of nitrogens with zero attached hydrogens (tertiary/aromatic N) is 8. The van der Waals surface area contributed by atoms with Gasteiger partial charge in [0.25, 0.3) is 0 Å². The summed E-state index contributed by atoms with van der Waals surface area (Å²) in [6.07, 6.45) is 3.42. The molecule has 1 atom stereocenters. The topological polar surface area (TPSA) is 194 Å². The van der Waals surface area contributed by atoms with Gasteiger partial charge < -0.3 is 41.9 Å². The summed E-state index contributed by atoms with van der Waals surface area (Å²) >= 11 is 0. The molecular weight excluding hydrogens is 1080 g/mol. The smallest absolute Gasteiger partial charge is 0.496 e. The van der Waals surface area contributed by atoms with E-state index in [2.05, 4.69) is 31.1 Å². The van der Waals surface area contributed by atoms with E-state index in [-0.39, 0.29) is 17.6 Å². The van der Waals surface area contributed by atoms with Crippen LogP contribution in [0.4, 0.5) is 13.2 Å². The molecule has 6 aromatic heterocycles. The minimum absolute atomic E-state index is 0.0914. The van der Waals surface area contributed by atoms with Crippen LogP contribution in [-0.2, 0) is 32.4 Å². The highest BCUT2D eigenvalue weighted by atomic mass is 32.2. The van der Waals surface area contributed by atoms with Gasteiger partial charge in [0.15, 0.2) is 9.84 Å². The quantitative estimate of drug-likeness (QED) is 0.0886. The molecule has 0 bridgehead atoms. The lowest BCUT2D eigenvalue weighted by Crippen LogP contribution is -2.18. The average molecular weight is 1150 g/mol. The Balaban J connectivity index is 0.000000192. The Kier molecular flexibility index (Phi) is 17.7. The fourth-order valence-corrected chi connectivity index (χ4v) is 11.5. The van der Waals surface area contributed by atoms with Crippen molar-refractivity contribution in [2.24, 2.45) is 0 Å². The number of fused-ring (bicyclic) bond motifs is 6. The second kappa shape index (κ2) is 24.7. The Morgan fingerprint density at radius 1 is 0.695 bits per heavy atom. The van der Waals surface area contributed by atoms with Crippen molar-refractivity contribution in [3.05, 3.63) is 131 Å². The third kappa shape index (κ3) is 12.2. The molecule has 1 saturated heterocycles. The number of rotatable bonds is 16. The van der Waals surface area contributed by atoms with E-state index >= 15 is 0 Å². The SMILES string of the molecule is CC.CCC(CCOC)c1nc2cnc3cc(-c4c(C)noc4C)c(OC)cc3c2n1Cc1ccc(OC(F)(F)F)cc1.COc1cc2c(cc1-c1c(C)noc1C)ncc1nc(C3CCOCC3)n(Cc3ccc(S(C)(=O)=O)cc3)c12. The van der Waals surface area contributed by atoms with E-state index in [4.69, 9.17) is 47.9 Å². The number of hydrogen-bond donors (Lipinski definition) is 0. The molecule has 0 spiro atoms. The maximum atomic E-state index is 12.7. The molecule has 11 rings (SSSR count). The molecular formula is C61H67F3N8O9S. The fraction of sp³-hybridized carbons (Fsp3) is 0.377. The van der Waals surface area contributed by atoms with Crippen molar-refractivity contribution in [2.45, 2.75) is 110 Å². The molecule has 82 heavy (non-hydrogen) atoms. The summed E-state index contributed by atoms with van der Waals surface area (Å²) in [6, 6.07) is 20.9. The van der Waals surface area contributed by atoms with Gasteiger partial charge in [-0.2, -0.15) is 0 Å². The maximum Gasteiger partial charge on any atom is 0.573 e. The highest BCUT2D eigenvalue weighted by Crippen LogP contribution is 2.42. The van der Waals surface area contributed by atoms with E-state index in [1.54, 1.807) is 51.8 Å². The Labute approximate surface area is 473 Å². The number of alkyl halides is 3. The number of methoxy groups -OCH3 is 3. The molecule has 17 nitrogen and oxygen atoms in total. The van der Waals surface area contributed by atoms with E-state index in [1.165, 1.54) is 18.4 Å². The van der Waals surface area contributed by atoms with E-state index in [9.17, 15) is 21.6 Å². The molecule has 0 aliphatic carbocycles. The molecule has 1 unspecified atom stereocenters. The molecule has 432 valence electrons. The number of pyridine rings is 2. The molecule has 4 aromatic carbocycles. The van der Waals surface area contributed by atoms with Crippen molar-refractivity contribution in [1.29, 1.82) is 0 Å². The third-order valence-corrected chi connectivity index (χ3v) is 15.9. The Morgan fingerprint density at radius 2 is 1.20 bits per heavy atom. The minimum Gasteiger partial charge on any atom is -0.496 e. The number of benzene rings is 4. The van der Waals surface area contributed by atoms with Crippen LogP contribution in [0.15, 0.2) is 99.1 Å². The number of hydrogen-bond acceptors (Lipinski definition) is 15. The van der Waals surface area contributed by atoms with Crippen LogP contribution in [0.25, 0.3) is 66.1 Å². The molecule has 0 N–H and O–H groups in total. The van der Waals surface area contributed by atoms with E-state index in [0.29, 0.717) is 60.6 Å². The van der Waals surface area contributed by atoms with Crippen LogP contribution in [-0.4, -0.2) is 102 Å². The Bertz CT molecular complexity index is 3960. The normalized spacial score (nSPS) is 13.5. The Hall–Kier alpha value is -7.88. The summed E-state index contributed by atoms with van der Waals surface area (Å²) in [4.78, 5) is 19.9. The number of halogens is 3. The first-order valence-corrected chi connectivity index (χ1v) is 29.1. The van der Waals surface area contributed by atoms with Gasteiger partial charge in [0.05, 0.1) is 76.1 Å². The van der Waals surface area contributed by atoms with Gasteiger partial charge in [-0.15, -0.1) is 13.2 Å². The van der Waals surface area contributed by atoms with Crippen LogP contribution in [0.5, 0.6) is 17.2 Å². The van der Waals surface area contributed by atoms with Crippen molar-refractivity contribution in [2.75, 3.05) is 47.4 Å². The molecule has 0 saturated carbocycles. The monoisotopic (exact) mass is 1140 g/mol. The molecule has 1 fully saturated rings. The zero-order valence-electron chi connectivity index (χ0n) is 47.9. The van der Waals surface area contributed by atoms with Gasteiger partial charge in [-0.3, -0.25) is 9.97 Å². The summed E-state index contributed by atoms with van der Waals surface area (Å²) in [5, 5.41) is 9.99. The lowest BCUT2D eigenvalue weighted by Gasteiger charge is -2.23. The van der Waals surface area contributed by atoms with Gasteiger partial charge in [0, 0.05) is 80.0 Å². The average Bonchev–Trinajstić information content (AvgIpc) is 2.77. The number of sulfone groups is 1. The highest BCUT2D eigenvalue weighted by molar-refractivity contribution is 7.90. The van der Waals surface area contributed by atoms with Gasteiger partial charge >= 0.3 is 6.36 Å². The van der Waals surface area contributed by atoms with Gasteiger partial charge in [-0.05, 0) is 113 Å². The van der Waals surface area contributed by atoms with E-state index < -0.39 is 16.2 Å².